The first-order valence-corrected chi connectivity index (χ1v) is 5.77. The van der Waals surface area contributed by atoms with E-state index in [0.29, 0.717) is 0 Å². The SMILES string of the molecule is CC1CCCCC1.NC(=O)NCCC(=O)O. The van der Waals surface area contributed by atoms with E-state index in [9.17, 15) is 9.59 Å². The van der Waals surface area contributed by atoms with Crippen LogP contribution in [-0.2, 0) is 4.79 Å². The molecule has 94 valence electrons. The molecule has 0 bridgehead atoms. The molecule has 5 heteroatoms. The Bertz CT molecular complexity index is 199. The molecule has 1 aliphatic carbocycles. The summed E-state index contributed by atoms with van der Waals surface area (Å²) in [6.45, 7) is 2.45. The third kappa shape index (κ3) is 10.8. The van der Waals surface area contributed by atoms with Crippen molar-refractivity contribution in [1.29, 1.82) is 0 Å². The minimum Gasteiger partial charge on any atom is -0.481 e. The lowest BCUT2D eigenvalue weighted by atomic mass is 9.91. The van der Waals surface area contributed by atoms with Gasteiger partial charge in [0.1, 0.15) is 0 Å². The van der Waals surface area contributed by atoms with Crippen molar-refractivity contribution >= 4 is 12.0 Å². The minimum atomic E-state index is -0.955. The molecule has 1 fully saturated rings. The lowest BCUT2D eigenvalue weighted by Crippen LogP contribution is -2.31. The topological polar surface area (TPSA) is 92.4 Å². The summed E-state index contributed by atoms with van der Waals surface area (Å²) in [5.41, 5.74) is 4.64. The summed E-state index contributed by atoms with van der Waals surface area (Å²) in [4.78, 5) is 19.7. The predicted octanol–water partition coefficient (Wildman–Crippen LogP) is 1.72. The van der Waals surface area contributed by atoms with Crippen LogP contribution in [0.25, 0.3) is 0 Å². The molecule has 1 saturated carbocycles. The first kappa shape index (κ1) is 14.7. The first-order valence-electron chi connectivity index (χ1n) is 5.77. The number of nitrogens with one attached hydrogen (secondary N) is 1. The van der Waals surface area contributed by atoms with Crippen LogP contribution in [0, 0.1) is 5.92 Å². The number of hydrogen-bond donors (Lipinski definition) is 3. The van der Waals surface area contributed by atoms with Gasteiger partial charge in [0.25, 0.3) is 0 Å². The molecule has 0 atom stereocenters. The zero-order valence-corrected chi connectivity index (χ0v) is 9.87. The fraction of sp³-hybridized carbons (Fsp3) is 0.818. The van der Waals surface area contributed by atoms with Crippen LogP contribution in [-0.4, -0.2) is 23.7 Å². The number of carbonyl (C=O) groups is 2. The Labute approximate surface area is 96.4 Å². The van der Waals surface area contributed by atoms with Gasteiger partial charge in [0.05, 0.1) is 6.42 Å². The number of carboxylic acid groups (broad SMARTS) is 1. The third-order valence-corrected chi connectivity index (χ3v) is 2.53. The molecule has 0 saturated heterocycles. The molecule has 0 aromatic heterocycles. The van der Waals surface area contributed by atoms with Gasteiger partial charge in [0.15, 0.2) is 0 Å². The molecule has 4 N–H and O–H groups in total. The van der Waals surface area contributed by atoms with Crippen molar-refractivity contribution in [2.75, 3.05) is 6.54 Å². The highest BCUT2D eigenvalue weighted by molar-refractivity contribution is 5.73. The lowest BCUT2D eigenvalue weighted by molar-refractivity contribution is -0.136. The number of amides is 2. The molecule has 1 rings (SSSR count). The average molecular weight is 230 g/mol. The van der Waals surface area contributed by atoms with E-state index >= 15 is 0 Å². The normalized spacial score (nSPS) is 15.8. The number of primary amides is 1. The summed E-state index contributed by atoms with van der Waals surface area (Å²) in [5.74, 6) is 0.0810. The van der Waals surface area contributed by atoms with E-state index < -0.39 is 12.0 Å². The second-order valence-corrected chi connectivity index (χ2v) is 4.18. The van der Waals surface area contributed by atoms with E-state index in [1.54, 1.807) is 0 Å². The Hall–Kier alpha value is -1.26. The molecule has 0 aromatic carbocycles. The molecule has 16 heavy (non-hydrogen) atoms. The van der Waals surface area contributed by atoms with E-state index in [1.807, 2.05) is 0 Å². The van der Waals surface area contributed by atoms with Crippen LogP contribution in [0.1, 0.15) is 45.4 Å². The maximum Gasteiger partial charge on any atom is 0.312 e. The Morgan fingerprint density at radius 2 is 1.88 bits per heavy atom. The molecule has 1 aliphatic rings. The number of hydrogen-bond acceptors (Lipinski definition) is 2. The summed E-state index contributed by atoms with van der Waals surface area (Å²) < 4.78 is 0. The smallest absolute Gasteiger partial charge is 0.312 e. The fourth-order valence-electron chi connectivity index (χ4n) is 1.60. The first-order chi connectivity index (χ1) is 7.52. The van der Waals surface area contributed by atoms with Crippen molar-refractivity contribution in [3.05, 3.63) is 0 Å². The number of carbonyl (C=O) groups excluding carboxylic acids is 1. The highest BCUT2D eigenvalue weighted by Gasteiger charge is 2.05. The van der Waals surface area contributed by atoms with Crippen LogP contribution in [0.15, 0.2) is 0 Å². The van der Waals surface area contributed by atoms with Crippen LogP contribution < -0.4 is 11.1 Å². The summed E-state index contributed by atoms with van der Waals surface area (Å²) in [5, 5.41) is 10.2. The molecule has 5 nitrogen and oxygen atoms in total. The quantitative estimate of drug-likeness (QED) is 0.689. The zero-order valence-electron chi connectivity index (χ0n) is 9.87. The molecule has 0 heterocycles. The van der Waals surface area contributed by atoms with E-state index in [4.69, 9.17) is 5.11 Å². The summed E-state index contributed by atoms with van der Waals surface area (Å²) in [6, 6.07) is -0.698. The van der Waals surface area contributed by atoms with Crippen molar-refractivity contribution in [3.8, 4) is 0 Å². The summed E-state index contributed by atoms with van der Waals surface area (Å²) >= 11 is 0. The Morgan fingerprint density at radius 1 is 1.31 bits per heavy atom. The van der Waals surface area contributed by atoms with Crippen LogP contribution in [0.3, 0.4) is 0 Å². The summed E-state index contributed by atoms with van der Waals surface area (Å²) in [6.07, 6.45) is 7.34. The highest BCUT2D eigenvalue weighted by Crippen LogP contribution is 2.22. The van der Waals surface area contributed by atoms with Gasteiger partial charge in [-0.15, -0.1) is 0 Å². The van der Waals surface area contributed by atoms with Crippen molar-refractivity contribution in [2.45, 2.75) is 45.4 Å². The van der Waals surface area contributed by atoms with Gasteiger partial charge in [0.2, 0.25) is 0 Å². The zero-order chi connectivity index (χ0) is 12.4. The average Bonchev–Trinajstić information content (AvgIpc) is 2.18. The number of urea groups is 1. The summed E-state index contributed by atoms with van der Waals surface area (Å²) in [7, 11) is 0. The van der Waals surface area contributed by atoms with Crippen molar-refractivity contribution in [2.24, 2.45) is 11.7 Å². The third-order valence-electron chi connectivity index (χ3n) is 2.53. The molecular formula is C11H22N2O3. The number of rotatable bonds is 3. The van der Waals surface area contributed by atoms with Gasteiger partial charge in [-0.05, 0) is 5.92 Å². The maximum absolute atomic E-state index is 9.90. The van der Waals surface area contributed by atoms with Gasteiger partial charge in [-0.25, -0.2) is 4.79 Å². The van der Waals surface area contributed by atoms with E-state index in [0.717, 1.165) is 5.92 Å². The minimum absolute atomic E-state index is 0.0880. The highest BCUT2D eigenvalue weighted by atomic mass is 16.4. The number of nitrogens with two attached hydrogens (primary N) is 1. The largest absolute Gasteiger partial charge is 0.481 e. The Kier molecular flexibility index (Phi) is 8.29. The van der Waals surface area contributed by atoms with Gasteiger partial charge in [-0.2, -0.15) is 0 Å². The second-order valence-electron chi connectivity index (χ2n) is 4.18. The van der Waals surface area contributed by atoms with E-state index in [-0.39, 0.29) is 13.0 Å². The van der Waals surface area contributed by atoms with Crippen molar-refractivity contribution in [1.82, 2.24) is 5.32 Å². The van der Waals surface area contributed by atoms with Gasteiger partial charge < -0.3 is 16.2 Å². The van der Waals surface area contributed by atoms with Gasteiger partial charge >= 0.3 is 12.0 Å². The molecule has 0 aromatic rings. The van der Waals surface area contributed by atoms with Crippen LogP contribution in [0.5, 0.6) is 0 Å². The standard InChI is InChI=1S/C7H14.C4H8N2O3/c1-7-5-3-2-4-6-7;5-4(9)6-2-1-3(7)8/h7H,2-6H2,1H3;1-2H2,(H,7,8)(H3,5,6,9). The molecule has 0 aliphatic heterocycles. The maximum atomic E-state index is 9.90. The lowest BCUT2D eigenvalue weighted by Gasteiger charge is -2.15. The Morgan fingerprint density at radius 3 is 2.19 bits per heavy atom. The van der Waals surface area contributed by atoms with Crippen molar-refractivity contribution in [3.63, 3.8) is 0 Å². The fourth-order valence-corrected chi connectivity index (χ4v) is 1.60. The van der Waals surface area contributed by atoms with Gasteiger partial charge in [0, 0.05) is 6.54 Å². The van der Waals surface area contributed by atoms with E-state index in [1.165, 1.54) is 32.1 Å². The van der Waals surface area contributed by atoms with Crippen LogP contribution >= 0.6 is 0 Å². The Balaban J connectivity index is 0.000000288. The molecule has 0 spiro atoms. The predicted molar refractivity (Wildman–Crippen MR) is 62.1 cm³/mol. The van der Waals surface area contributed by atoms with Crippen LogP contribution in [0.4, 0.5) is 4.79 Å². The van der Waals surface area contributed by atoms with Crippen molar-refractivity contribution < 1.29 is 14.7 Å². The molecular weight excluding hydrogens is 208 g/mol. The molecule has 0 unspecified atom stereocenters. The molecule has 0 radical (unpaired) electrons. The second kappa shape index (κ2) is 9.00. The molecule has 2 amide bonds. The van der Waals surface area contributed by atoms with Gasteiger partial charge in [-0.1, -0.05) is 39.0 Å². The van der Waals surface area contributed by atoms with E-state index in [2.05, 4.69) is 18.0 Å². The van der Waals surface area contributed by atoms with Crippen LogP contribution in [0.2, 0.25) is 0 Å². The number of carboxylic acids is 1. The number of aliphatic carboxylic acids is 1. The van der Waals surface area contributed by atoms with Gasteiger partial charge in [-0.3, -0.25) is 4.79 Å². The monoisotopic (exact) mass is 230 g/mol.